The highest BCUT2D eigenvalue weighted by molar-refractivity contribution is 6.01. The molecule has 58 valence electrons. The smallest absolute Gasteiger partial charge is 0.307 e. The molecule has 0 aromatic rings. The number of rotatable bonds is 2. The predicted molar refractivity (Wildman–Crippen MR) is 39.1 cm³/mol. The van der Waals surface area contributed by atoms with Gasteiger partial charge in [0.05, 0.1) is 6.42 Å². The highest BCUT2D eigenvalue weighted by atomic mass is 16.4. The van der Waals surface area contributed by atoms with Gasteiger partial charge in [-0.2, -0.15) is 0 Å². The number of carboxylic acids is 1. The third kappa shape index (κ3) is 2.37. The molecule has 0 saturated heterocycles. The summed E-state index contributed by atoms with van der Waals surface area (Å²) in [6.45, 7) is 0. The van der Waals surface area contributed by atoms with Crippen LogP contribution in [0.15, 0.2) is 23.8 Å². The molecule has 0 aromatic heterocycles. The van der Waals surface area contributed by atoms with E-state index in [0.29, 0.717) is 12.0 Å². The summed E-state index contributed by atoms with van der Waals surface area (Å²) in [5.74, 6) is -1.01. The summed E-state index contributed by atoms with van der Waals surface area (Å²) in [6, 6.07) is 0. The van der Waals surface area contributed by atoms with Gasteiger partial charge in [0, 0.05) is 0 Å². The zero-order valence-corrected chi connectivity index (χ0v) is 5.91. The number of hydrogen-bond acceptors (Lipinski definition) is 2. The maximum Gasteiger partial charge on any atom is 0.307 e. The van der Waals surface area contributed by atoms with E-state index in [4.69, 9.17) is 5.11 Å². The lowest BCUT2D eigenvalue weighted by Crippen LogP contribution is -2.02. The third-order valence-electron chi connectivity index (χ3n) is 1.39. The van der Waals surface area contributed by atoms with E-state index in [1.807, 2.05) is 0 Å². The molecule has 0 unspecified atom stereocenters. The molecule has 1 aliphatic rings. The monoisotopic (exact) mass is 152 g/mol. The van der Waals surface area contributed by atoms with Crippen LogP contribution in [0.25, 0.3) is 0 Å². The van der Waals surface area contributed by atoms with Gasteiger partial charge in [-0.3, -0.25) is 9.59 Å². The lowest BCUT2D eigenvalue weighted by atomic mass is 10.0. The molecule has 3 nitrogen and oxygen atoms in total. The van der Waals surface area contributed by atoms with Crippen molar-refractivity contribution in [1.82, 2.24) is 0 Å². The summed E-state index contributed by atoms with van der Waals surface area (Å²) in [6.07, 6.45) is 5.06. The van der Waals surface area contributed by atoms with Crippen molar-refractivity contribution in [2.75, 3.05) is 0 Å². The van der Waals surface area contributed by atoms with Crippen molar-refractivity contribution in [2.24, 2.45) is 0 Å². The summed E-state index contributed by atoms with van der Waals surface area (Å²) in [5, 5.41) is 8.38. The zero-order chi connectivity index (χ0) is 8.27. The van der Waals surface area contributed by atoms with Crippen molar-refractivity contribution in [3.63, 3.8) is 0 Å². The minimum atomic E-state index is -0.889. The molecule has 1 N–H and O–H groups in total. The SMILES string of the molecule is O=C1C=CCC(CC(=O)O)=C1. The summed E-state index contributed by atoms with van der Waals surface area (Å²) in [4.78, 5) is 20.9. The molecule has 1 aliphatic carbocycles. The van der Waals surface area contributed by atoms with Crippen LogP contribution >= 0.6 is 0 Å². The first-order chi connectivity index (χ1) is 5.18. The van der Waals surface area contributed by atoms with Crippen molar-refractivity contribution in [3.05, 3.63) is 23.8 Å². The molecule has 0 spiro atoms. The predicted octanol–water partition coefficient (Wildman–Crippen LogP) is 0.916. The number of allylic oxidation sites excluding steroid dienone is 3. The van der Waals surface area contributed by atoms with E-state index in [-0.39, 0.29) is 12.2 Å². The van der Waals surface area contributed by atoms with Crippen LogP contribution in [-0.2, 0) is 9.59 Å². The van der Waals surface area contributed by atoms with E-state index >= 15 is 0 Å². The Morgan fingerprint density at radius 2 is 2.36 bits per heavy atom. The van der Waals surface area contributed by atoms with E-state index in [2.05, 4.69) is 0 Å². The molecule has 0 aliphatic heterocycles. The first kappa shape index (κ1) is 7.72. The molecule has 3 heteroatoms. The van der Waals surface area contributed by atoms with Crippen molar-refractivity contribution >= 4 is 11.8 Å². The quantitative estimate of drug-likeness (QED) is 0.640. The van der Waals surface area contributed by atoms with E-state index in [9.17, 15) is 9.59 Å². The van der Waals surface area contributed by atoms with Crippen LogP contribution in [-0.4, -0.2) is 16.9 Å². The lowest BCUT2D eigenvalue weighted by Gasteiger charge is -2.03. The van der Waals surface area contributed by atoms with E-state index < -0.39 is 5.97 Å². The van der Waals surface area contributed by atoms with Crippen molar-refractivity contribution in [2.45, 2.75) is 12.8 Å². The van der Waals surface area contributed by atoms with Crippen LogP contribution in [0.5, 0.6) is 0 Å². The molecule has 0 amide bonds. The molecule has 0 atom stereocenters. The molecule has 11 heavy (non-hydrogen) atoms. The van der Waals surface area contributed by atoms with Gasteiger partial charge in [0.1, 0.15) is 0 Å². The minimum absolute atomic E-state index is 0.0317. The average molecular weight is 152 g/mol. The fourth-order valence-corrected chi connectivity index (χ4v) is 0.952. The van der Waals surface area contributed by atoms with Crippen molar-refractivity contribution in [1.29, 1.82) is 0 Å². The molecular weight excluding hydrogens is 144 g/mol. The van der Waals surface area contributed by atoms with E-state index in [0.717, 1.165) is 0 Å². The first-order valence-electron chi connectivity index (χ1n) is 3.30. The van der Waals surface area contributed by atoms with E-state index in [1.54, 1.807) is 6.08 Å². The van der Waals surface area contributed by atoms with Gasteiger partial charge in [-0.1, -0.05) is 11.6 Å². The molecule has 1 rings (SSSR count). The summed E-state index contributed by atoms with van der Waals surface area (Å²) < 4.78 is 0. The van der Waals surface area contributed by atoms with Gasteiger partial charge in [-0.25, -0.2) is 0 Å². The molecular formula is C8H8O3. The van der Waals surface area contributed by atoms with Crippen LogP contribution < -0.4 is 0 Å². The fourth-order valence-electron chi connectivity index (χ4n) is 0.952. The Morgan fingerprint density at radius 1 is 1.64 bits per heavy atom. The van der Waals surface area contributed by atoms with Gasteiger partial charge in [0.2, 0.25) is 0 Å². The molecule has 0 fully saturated rings. The maximum absolute atomic E-state index is 10.7. The Bertz CT molecular complexity index is 248. The Kier molecular flexibility index (Phi) is 2.21. The molecule has 0 heterocycles. The van der Waals surface area contributed by atoms with Crippen molar-refractivity contribution in [3.8, 4) is 0 Å². The van der Waals surface area contributed by atoms with Crippen molar-refractivity contribution < 1.29 is 14.7 Å². The number of aliphatic carboxylic acids is 1. The average Bonchev–Trinajstić information content (AvgIpc) is 1.85. The Hall–Kier alpha value is -1.38. The summed E-state index contributed by atoms with van der Waals surface area (Å²) in [5.41, 5.74) is 0.671. The number of carbonyl (C=O) groups excluding carboxylic acids is 1. The molecule has 0 radical (unpaired) electrons. The van der Waals surface area contributed by atoms with Crippen LogP contribution in [0, 0.1) is 0 Å². The maximum atomic E-state index is 10.7. The number of hydrogen-bond donors (Lipinski definition) is 1. The van der Waals surface area contributed by atoms with Gasteiger partial charge in [-0.05, 0) is 18.6 Å². The topological polar surface area (TPSA) is 54.4 Å². The lowest BCUT2D eigenvalue weighted by molar-refractivity contribution is -0.136. The summed E-state index contributed by atoms with van der Waals surface area (Å²) in [7, 11) is 0. The van der Waals surface area contributed by atoms with Crippen LogP contribution in [0.3, 0.4) is 0 Å². The molecule has 0 bridgehead atoms. The van der Waals surface area contributed by atoms with E-state index in [1.165, 1.54) is 12.2 Å². The van der Waals surface area contributed by atoms with Crippen LogP contribution in [0.4, 0.5) is 0 Å². The second kappa shape index (κ2) is 3.14. The van der Waals surface area contributed by atoms with Gasteiger partial charge >= 0.3 is 5.97 Å². The zero-order valence-electron chi connectivity index (χ0n) is 5.91. The van der Waals surface area contributed by atoms with Gasteiger partial charge in [-0.15, -0.1) is 0 Å². The highest BCUT2D eigenvalue weighted by Crippen LogP contribution is 2.12. The normalized spacial score (nSPS) is 16.4. The first-order valence-corrected chi connectivity index (χ1v) is 3.30. The van der Waals surface area contributed by atoms with Crippen LogP contribution in [0.1, 0.15) is 12.8 Å². The highest BCUT2D eigenvalue weighted by Gasteiger charge is 2.07. The second-order valence-corrected chi connectivity index (χ2v) is 2.38. The summed E-state index contributed by atoms with van der Waals surface area (Å²) >= 11 is 0. The molecule has 0 saturated carbocycles. The second-order valence-electron chi connectivity index (χ2n) is 2.38. The van der Waals surface area contributed by atoms with Gasteiger partial charge in [0.15, 0.2) is 5.78 Å². The number of ketones is 1. The largest absolute Gasteiger partial charge is 0.481 e. The number of carbonyl (C=O) groups is 2. The molecule has 0 aromatic carbocycles. The van der Waals surface area contributed by atoms with Gasteiger partial charge < -0.3 is 5.11 Å². The number of carboxylic acid groups (broad SMARTS) is 1. The Morgan fingerprint density at radius 3 is 2.91 bits per heavy atom. The Labute approximate surface area is 64.0 Å². The van der Waals surface area contributed by atoms with Crippen LogP contribution in [0.2, 0.25) is 0 Å². The fraction of sp³-hybridized carbons (Fsp3) is 0.250. The van der Waals surface area contributed by atoms with Gasteiger partial charge in [0.25, 0.3) is 0 Å². The third-order valence-corrected chi connectivity index (χ3v) is 1.39. The standard InChI is InChI=1S/C8H8O3/c9-7-3-1-2-6(4-7)5-8(10)11/h1,3-4H,2,5H2,(H,10,11). The Balaban J connectivity index is 2.60. The minimum Gasteiger partial charge on any atom is -0.481 e.